The molecule has 0 bridgehead atoms. The molecule has 1 atom stereocenters. The number of ether oxygens (including phenoxy) is 1. The van der Waals surface area contributed by atoms with Crippen LogP contribution in [0.1, 0.15) is 12.5 Å². The minimum absolute atomic E-state index is 0.0282. The molecule has 0 saturated carbocycles. The molecule has 6 heteroatoms. The van der Waals surface area contributed by atoms with E-state index in [1.54, 1.807) is 9.80 Å². The zero-order chi connectivity index (χ0) is 16.9. The number of rotatable bonds is 5. The quantitative estimate of drug-likeness (QED) is 0.792. The van der Waals surface area contributed by atoms with Crippen LogP contribution in [0, 0.1) is 0 Å². The number of hydrogen-bond acceptors (Lipinski definition) is 4. The Kier molecular flexibility index (Phi) is 5.48. The van der Waals surface area contributed by atoms with Crippen LogP contribution < -0.4 is 0 Å². The van der Waals surface area contributed by atoms with Crippen LogP contribution in [0.5, 0.6) is 0 Å². The SMILES string of the molecule is C[C@H]1C(=O)N(Cc2ccccc2)CC(=O)N1CCN1CCOCC1. The minimum atomic E-state index is -0.393. The third-order valence-corrected chi connectivity index (χ3v) is 4.76. The van der Waals surface area contributed by atoms with Crippen molar-refractivity contribution in [2.75, 3.05) is 45.9 Å². The standard InChI is InChI=1S/C18H25N3O3/c1-15-18(23)20(13-16-5-3-2-4-6-16)14-17(22)21(15)8-7-19-9-11-24-12-10-19/h2-6,15H,7-14H2,1H3/t15-/m0/s1. The number of morpholine rings is 1. The first-order valence-corrected chi connectivity index (χ1v) is 8.57. The van der Waals surface area contributed by atoms with Crippen LogP contribution in [-0.4, -0.2) is 78.5 Å². The van der Waals surface area contributed by atoms with E-state index in [4.69, 9.17) is 4.74 Å². The second-order valence-electron chi connectivity index (χ2n) is 6.40. The van der Waals surface area contributed by atoms with Gasteiger partial charge in [-0.15, -0.1) is 0 Å². The maximum Gasteiger partial charge on any atom is 0.245 e. The molecule has 0 aliphatic carbocycles. The summed E-state index contributed by atoms with van der Waals surface area (Å²) in [5.74, 6) is 0.0618. The first-order chi connectivity index (χ1) is 11.6. The average Bonchev–Trinajstić information content (AvgIpc) is 2.61. The van der Waals surface area contributed by atoms with Crippen molar-refractivity contribution in [1.82, 2.24) is 14.7 Å². The smallest absolute Gasteiger partial charge is 0.245 e. The molecule has 3 rings (SSSR count). The summed E-state index contributed by atoms with van der Waals surface area (Å²) in [4.78, 5) is 30.8. The summed E-state index contributed by atoms with van der Waals surface area (Å²) in [5.41, 5.74) is 1.05. The lowest BCUT2D eigenvalue weighted by Crippen LogP contribution is -2.59. The molecule has 0 N–H and O–H groups in total. The van der Waals surface area contributed by atoms with Crippen LogP contribution in [0.15, 0.2) is 30.3 Å². The third kappa shape index (κ3) is 3.94. The normalized spacial score (nSPS) is 23.0. The molecule has 2 saturated heterocycles. The van der Waals surface area contributed by atoms with Crippen molar-refractivity contribution in [2.24, 2.45) is 0 Å². The van der Waals surface area contributed by atoms with Gasteiger partial charge >= 0.3 is 0 Å². The van der Waals surface area contributed by atoms with Gasteiger partial charge in [0.15, 0.2) is 0 Å². The summed E-state index contributed by atoms with van der Waals surface area (Å²) >= 11 is 0. The lowest BCUT2D eigenvalue weighted by atomic mass is 10.1. The molecule has 2 heterocycles. The van der Waals surface area contributed by atoms with E-state index in [9.17, 15) is 9.59 Å². The molecule has 2 aliphatic rings. The minimum Gasteiger partial charge on any atom is -0.379 e. The van der Waals surface area contributed by atoms with Crippen molar-refractivity contribution in [3.63, 3.8) is 0 Å². The molecule has 0 radical (unpaired) electrons. The number of nitrogens with zero attached hydrogens (tertiary/aromatic N) is 3. The molecule has 1 aromatic rings. The second kappa shape index (κ2) is 7.77. The largest absolute Gasteiger partial charge is 0.379 e. The maximum atomic E-state index is 12.6. The third-order valence-electron chi connectivity index (χ3n) is 4.76. The molecule has 2 fully saturated rings. The monoisotopic (exact) mass is 331 g/mol. The molecule has 130 valence electrons. The molecule has 0 aromatic heterocycles. The van der Waals surface area contributed by atoms with Crippen molar-refractivity contribution in [2.45, 2.75) is 19.5 Å². The number of amides is 2. The van der Waals surface area contributed by atoms with E-state index in [-0.39, 0.29) is 18.4 Å². The molecule has 2 aliphatic heterocycles. The fraction of sp³-hybridized carbons (Fsp3) is 0.556. The van der Waals surface area contributed by atoms with Crippen LogP contribution in [0.4, 0.5) is 0 Å². The fourth-order valence-corrected chi connectivity index (χ4v) is 3.28. The lowest BCUT2D eigenvalue weighted by molar-refractivity contribution is -0.155. The Morgan fingerprint density at radius 2 is 1.79 bits per heavy atom. The van der Waals surface area contributed by atoms with Crippen LogP contribution in [0.25, 0.3) is 0 Å². The summed E-state index contributed by atoms with van der Waals surface area (Å²) in [6.07, 6.45) is 0. The van der Waals surface area contributed by atoms with Crippen LogP contribution in [-0.2, 0) is 20.9 Å². The molecule has 0 spiro atoms. The summed E-state index contributed by atoms with van der Waals surface area (Å²) in [5, 5.41) is 0. The molecule has 2 amide bonds. The Balaban J connectivity index is 1.57. The van der Waals surface area contributed by atoms with Gasteiger partial charge in [0.25, 0.3) is 0 Å². The highest BCUT2D eigenvalue weighted by Crippen LogP contribution is 2.15. The molecule has 24 heavy (non-hydrogen) atoms. The molecule has 0 unspecified atom stereocenters. The summed E-state index contributed by atoms with van der Waals surface area (Å²) in [7, 11) is 0. The van der Waals surface area contributed by atoms with Crippen molar-refractivity contribution < 1.29 is 14.3 Å². The van der Waals surface area contributed by atoms with Crippen LogP contribution in [0.3, 0.4) is 0 Å². The Labute approximate surface area is 143 Å². The highest BCUT2D eigenvalue weighted by molar-refractivity contribution is 5.94. The van der Waals surface area contributed by atoms with Crippen LogP contribution >= 0.6 is 0 Å². The second-order valence-corrected chi connectivity index (χ2v) is 6.40. The molecule has 1 aromatic carbocycles. The average molecular weight is 331 g/mol. The summed E-state index contributed by atoms with van der Waals surface area (Å²) < 4.78 is 5.34. The fourth-order valence-electron chi connectivity index (χ4n) is 3.28. The Bertz CT molecular complexity index is 572. The Morgan fingerprint density at radius 3 is 2.50 bits per heavy atom. The van der Waals surface area contributed by atoms with E-state index in [2.05, 4.69) is 4.90 Å². The van der Waals surface area contributed by atoms with Crippen molar-refractivity contribution in [1.29, 1.82) is 0 Å². The number of benzene rings is 1. The van der Waals surface area contributed by atoms with Crippen LogP contribution in [0.2, 0.25) is 0 Å². The van der Waals surface area contributed by atoms with E-state index in [1.165, 1.54) is 0 Å². The Hall–Kier alpha value is -1.92. The van der Waals surface area contributed by atoms with Crippen molar-refractivity contribution >= 4 is 11.8 Å². The lowest BCUT2D eigenvalue weighted by Gasteiger charge is -2.40. The number of piperazine rings is 1. The Morgan fingerprint density at radius 1 is 1.08 bits per heavy atom. The van der Waals surface area contributed by atoms with Gasteiger partial charge in [-0.05, 0) is 12.5 Å². The predicted octanol–water partition coefficient (Wildman–Crippen LogP) is 0.578. The van der Waals surface area contributed by atoms with E-state index in [0.29, 0.717) is 13.1 Å². The highest BCUT2D eigenvalue weighted by Gasteiger charge is 2.36. The number of carbonyl (C=O) groups is 2. The van der Waals surface area contributed by atoms with E-state index < -0.39 is 6.04 Å². The first kappa shape index (κ1) is 16.9. The zero-order valence-corrected chi connectivity index (χ0v) is 14.2. The van der Waals surface area contributed by atoms with Gasteiger partial charge in [-0.2, -0.15) is 0 Å². The molecule has 6 nitrogen and oxygen atoms in total. The van der Waals surface area contributed by atoms with Gasteiger partial charge in [0.05, 0.1) is 13.2 Å². The van der Waals surface area contributed by atoms with Crippen molar-refractivity contribution in [3.8, 4) is 0 Å². The number of carbonyl (C=O) groups excluding carboxylic acids is 2. The highest BCUT2D eigenvalue weighted by atomic mass is 16.5. The van der Waals surface area contributed by atoms with Gasteiger partial charge < -0.3 is 14.5 Å². The van der Waals surface area contributed by atoms with Gasteiger partial charge in [-0.1, -0.05) is 30.3 Å². The van der Waals surface area contributed by atoms with Crippen molar-refractivity contribution in [3.05, 3.63) is 35.9 Å². The van der Waals surface area contributed by atoms with E-state index in [0.717, 1.165) is 38.4 Å². The maximum absolute atomic E-state index is 12.6. The van der Waals surface area contributed by atoms with Gasteiger partial charge in [0.1, 0.15) is 12.6 Å². The van der Waals surface area contributed by atoms with E-state index >= 15 is 0 Å². The predicted molar refractivity (Wildman–Crippen MR) is 90.3 cm³/mol. The number of hydrogen-bond donors (Lipinski definition) is 0. The van der Waals surface area contributed by atoms with Gasteiger partial charge in [0.2, 0.25) is 11.8 Å². The van der Waals surface area contributed by atoms with Gasteiger partial charge in [0, 0.05) is 32.7 Å². The molecular weight excluding hydrogens is 306 g/mol. The van der Waals surface area contributed by atoms with Gasteiger partial charge in [-0.3, -0.25) is 14.5 Å². The summed E-state index contributed by atoms with van der Waals surface area (Å²) in [6, 6.07) is 9.41. The summed E-state index contributed by atoms with van der Waals surface area (Å²) in [6.45, 7) is 7.16. The van der Waals surface area contributed by atoms with E-state index in [1.807, 2.05) is 37.3 Å². The molecular formula is C18H25N3O3. The zero-order valence-electron chi connectivity index (χ0n) is 14.2. The first-order valence-electron chi connectivity index (χ1n) is 8.57. The van der Waals surface area contributed by atoms with Gasteiger partial charge in [-0.25, -0.2) is 0 Å². The topological polar surface area (TPSA) is 53.1 Å².